The molecule has 1 amide bonds. The molecule has 116 valence electrons. The summed E-state index contributed by atoms with van der Waals surface area (Å²) < 4.78 is 26.0. The third-order valence-electron chi connectivity index (χ3n) is 3.28. The van der Waals surface area contributed by atoms with Crippen molar-refractivity contribution in [2.24, 2.45) is 0 Å². The third kappa shape index (κ3) is 3.42. The average molecular weight is 313 g/mol. The van der Waals surface area contributed by atoms with Crippen LogP contribution in [0.5, 0.6) is 0 Å². The topological polar surface area (TPSA) is 54.0 Å². The molecule has 2 aromatic carbocycles. The number of carbonyl (C=O) groups is 1. The molecule has 0 atom stereocenters. The monoisotopic (exact) mass is 313 g/mol. The minimum absolute atomic E-state index is 0.0192. The Labute approximate surface area is 131 Å². The Morgan fingerprint density at radius 3 is 2.70 bits per heavy atom. The zero-order valence-electron chi connectivity index (χ0n) is 12.0. The summed E-state index contributed by atoms with van der Waals surface area (Å²) >= 11 is 0. The number of hydrogen-bond donors (Lipinski definition) is 2. The molecule has 4 nitrogen and oxygen atoms in total. The third-order valence-corrected chi connectivity index (χ3v) is 3.28. The molecule has 23 heavy (non-hydrogen) atoms. The van der Waals surface area contributed by atoms with Crippen molar-refractivity contribution < 1.29 is 13.6 Å². The van der Waals surface area contributed by atoms with Crippen LogP contribution in [0.25, 0.3) is 10.9 Å². The highest BCUT2D eigenvalue weighted by Crippen LogP contribution is 2.20. The van der Waals surface area contributed by atoms with Crippen molar-refractivity contribution in [2.45, 2.75) is 0 Å². The lowest BCUT2D eigenvalue weighted by Gasteiger charge is -2.10. The maximum Gasteiger partial charge on any atom is 0.243 e. The zero-order valence-corrected chi connectivity index (χ0v) is 12.0. The molecular formula is C17H13F2N3O. The van der Waals surface area contributed by atoms with E-state index < -0.39 is 11.6 Å². The molecule has 2 N–H and O–H groups in total. The van der Waals surface area contributed by atoms with Crippen molar-refractivity contribution in [2.75, 3.05) is 17.2 Å². The Bertz CT molecular complexity index is 862. The van der Waals surface area contributed by atoms with Crippen molar-refractivity contribution in [3.63, 3.8) is 0 Å². The van der Waals surface area contributed by atoms with E-state index in [9.17, 15) is 13.6 Å². The fourth-order valence-corrected chi connectivity index (χ4v) is 2.20. The number of fused-ring (bicyclic) bond motifs is 1. The number of amides is 1. The molecule has 0 saturated carbocycles. The molecule has 0 unspecified atom stereocenters. The molecule has 6 heteroatoms. The van der Waals surface area contributed by atoms with Gasteiger partial charge in [0.1, 0.15) is 0 Å². The van der Waals surface area contributed by atoms with Gasteiger partial charge in [-0.1, -0.05) is 18.2 Å². The van der Waals surface area contributed by atoms with Gasteiger partial charge >= 0.3 is 0 Å². The van der Waals surface area contributed by atoms with Gasteiger partial charge in [-0.15, -0.1) is 0 Å². The standard InChI is InChI=1S/C17H13F2N3O/c18-13-7-6-12(9-14(13)19)22-16(23)10-21-15-5-1-3-11-4-2-8-20-17(11)15/h1-9,21H,10H2,(H,22,23). The van der Waals surface area contributed by atoms with Gasteiger partial charge in [-0.3, -0.25) is 9.78 Å². The van der Waals surface area contributed by atoms with E-state index in [1.54, 1.807) is 6.20 Å². The van der Waals surface area contributed by atoms with Crippen molar-refractivity contribution >= 4 is 28.2 Å². The summed E-state index contributed by atoms with van der Waals surface area (Å²) in [6.07, 6.45) is 1.68. The first-order chi connectivity index (χ1) is 11.1. The molecule has 3 rings (SSSR count). The van der Waals surface area contributed by atoms with E-state index >= 15 is 0 Å². The van der Waals surface area contributed by atoms with Gasteiger partial charge in [0.2, 0.25) is 5.91 Å². The smallest absolute Gasteiger partial charge is 0.243 e. The predicted octanol–water partition coefficient (Wildman–Crippen LogP) is 3.56. The van der Waals surface area contributed by atoms with Gasteiger partial charge in [0.15, 0.2) is 11.6 Å². The van der Waals surface area contributed by atoms with E-state index in [2.05, 4.69) is 15.6 Å². The minimum Gasteiger partial charge on any atom is -0.374 e. The number of nitrogens with zero attached hydrogens (tertiary/aromatic N) is 1. The maximum absolute atomic E-state index is 13.1. The highest BCUT2D eigenvalue weighted by atomic mass is 19.2. The number of halogens is 2. The molecule has 0 aliphatic heterocycles. The fourth-order valence-electron chi connectivity index (χ4n) is 2.20. The van der Waals surface area contributed by atoms with E-state index in [0.717, 1.165) is 28.7 Å². The van der Waals surface area contributed by atoms with Crippen LogP contribution in [0.15, 0.2) is 54.7 Å². The van der Waals surface area contributed by atoms with Crippen LogP contribution in [0.1, 0.15) is 0 Å². The summed E-state index contributed by atoms with van der Waals surface area (Å²) in [5.41, 5.74) is 1.69. The SMILES string of the molecule is O=C(CNc1cccc2cccnc12)Nc1ccc(F)c(F)c1. The van der Waals surface area contributed by atoms with Crippen LogP contribution < -0.4 is 10.6 Å². The lowest BCUT2D eigenvalue weighted by molar-refractivity contribution is -0.114. The van der Waals surface area contributed by atoms with Crippen LogP contribution in [-0.2, 0) is 4.79 Å². The lowest BCUT2D eigenvalue weighted by Crippen LogP contribution is -2.22. The summed E-state index contributed by atoms with van der Waals surface area (Å²) in [5, 5.41) is 6.45. The number of aromatic nitrogens is 1. The number of rotatable bonds is 4. The molecule has 0 aliphatic carbocycles. The molecule has 0 spiro atoms. The highest BCUT2D eigenvalue weighted by Gasteiger charge is 2.07. The molecule has 0 fully saturated rings. The van der Waals surface area contributed by atoms with Crippen molar-refractivity contribution in [3.05, 3.63) is 66.4 Å². The maximum atomic E-state index is 13.1. The molecule has 0 radical (unpaired) electrons. The molecular weight excluding hydrogens is 300 g/mol. The Kier molecular flexibility index (Phi) is 4.14. The second kappa shape index (κ2) is 6.39. The molecule has 0 saturated heterocycles. The summed E-state index contributed by atoms with van der Waals surface area (Å²) in [5.74, 6) is -2.33. The van der Waals surface area contributed by atoms with E-state index in [1.807, 2.05) is 30.3 Å². The van der Waals surface area contributed by atoms with Crippen molar-refractivity contribution in [3.8, 4) is 0 Å². The van der Waals surface area contributed by atoms with E-state index in [0.29, 0.717) is 0 Å². The van der Waals surface area contributed by atoms with Gasteiger partial charge in [0.05, 0.1) is 17.7 Å². The number of anilines is 2. The van der Waals surface area contributed by atoms with E-state index in [1.165, 1.54) is 6.07 Å². The Balaban J connectivity index is 1.67. The summed E-state index contributed by atoms with van der Waals surface area (Å²) in [7, 11) is 0. The van der Waals surface area contributed by atoms with Crippen molar-refractivity contribution in [1.82, 2.24) is 4.98 Å². The second-order valence-electron chi connectivity index (χ2n) is 4.91. The van der Waals surface area contributed by atoms with Gasteiger partial charge < -0.3 is 10.6 Å². The van der Waals surface area contributed by atoms with Gasteiger partial charge in [-0.2, -0.15) is 0 Å². The lowest BCUT2D eigenvalue weighted by atomic mass is 10.2. The predicted molar refractivity (Wildman–Crippen MR) is 85.2 cm³/mol. The highest BCUT2D eigenvalue weighted by molar-refractivity contribution is 5.96. The fraction of sp³-hybridized carbons (Fsp3) is 0.0588. The number of nitrogens with one attached hydrogen (secondary N) is 2. The normalized spacial score (nSPS) is 10.5. The first-order valence-corrected chi connectivity index (χ1v) is 6.96. The largest absolute Gasteiger partial charge is 0.374 e. The van der Waals surface area contributed by atoms with Gasteiger partial charge in [-0.25, -0.2) is 8.78 Å². The molecule has 1 heterocycles. The number of para-hydroxylation sites is 1. The van der Waals surface area contributed by atoms with Crippen LogP contribution >= 0.6 is 0 Å². The zero-order chi connectivity index (χ0) is 16.2. The van der Waals surface area contributed by atoms with E-state index in [4.69, 9.17) is 0 Å². The number of benzene rings is 2. The molecule has 0 aliphatic rings. The van der Waals surface area contributed by atoms with E-state index in [-0.39, 0.29) is 18.1 Å². The van der Waals surface area contributed by atoms with Crippen LogP contribution in [0.2, 0.25) is 0 Å². The molecule has 3 aromatic rings. The Morgan fingerprint density at radius 1 is 1.04 bits per heavy atom. The van der Waals surface area contributed by atoms with Crippen LogP contribution in [0, 0.1) is 11.6 Å². The van der Waals surface area contributed by atoms with Crippen molar-refractivity contribution in [1.29, 1.82) is 0 Å². The summed E-state index contributed by atoms with van der Waals surface area (Å²) in [6.45, 7) is -0.0192. The Hall–Kier alpha value is -3.02. The number of pyridine rings is 1. The molecule has 1 aromatic heterocycles. The summed E-state index contributed by atoms with van der Waals surface area (Å²) in [4.78, 5) is 16.2. The number of carbonyl (C=O) groups excluding carboxylic acids is 1. The number of hydrogen-bond acceptors (Lipinski definition) is 3. The second-order valence-corrected chi connectivity index (χ2v) is 4.91. The van der Waals surface area contributed by atoms with Crippen LogP contribution in [-0.4, -0.2) is 17.4 Å². The van der Waals surface area contributed by atoms with Crippen LogP contribution in [0.4, 0.5) is 20.2 Å². The first-order valence-electron chi connectivity index (χ1n) is 6.96. The van der Waals surface area contributed by atoms with Crippen LogP contribution in [0.3, 0.4) is 0 Å². The molecule has 0 bridgehead atoms. The Morgan fingerprint density at radius 2 is 1.87 bits per heavy atom. The summed E-state index contributed by atoms with van der Waals surface area (Å²) in [6, 6.07) is 12.6. The van der Waals surface area contributed by atoms with Gasteiger partial charge in [0.25, 0.3) is 0 Å². The van der Waals surface area contributed by atoms with Gasteiger partial charge in [-0.05, 0) is 24.3 Å². The quantitative estimate of drug-likeness (QED) is 0.774. The van der Waals surface area contributed by atoms with Gasteiger partial charge in [0, 0.05) is 23.3 Å². The average Bonchev–Trinajstić information content (AvgIpc) is 2.56. The first kappa shape index (κ1) is 14.9. The minimum atomic E-state index is -1.01.